The highest BCUT2D eigenvalue weighted by atomic mass is 16.4. The van der Waals surface area contributed by atoms with E-state index in [0.717, 1.165) is 16.3 Å². The standard InChI is InChI=1S/C14H15N3O3/c1-9-3-2-4-10-5-6-15-14(13(9)10)17-7-11(18)16-8-12(19)20/h2-6H,7-8H2,1H3,(H,15,17)(H,16,18)(H,19,20). The normalized spacial score (nSPS) is 10.2. The number of anilines is 1. The fraction of sp³-hybridized carbons (Fsp3) is 0.214. The molecule has 1 heterocycles. The summed E-state index contributed by atoms with van der Waals surface area (Å²) in [6.45, 7) is 1.57. The first-order valence-corrected chi connectivity index (χ1v) is 6.14. The molecule has 3 N–H and O–H groups in total. The van der Waals surface area contributed by atoms with Gasteiger partial charge >= 0.3 is 5.97 Å². The van der Waals surface area contributed by atoms with Crippen molar-refractivity contribution < 1.29 is 14.7 Å². The Balaban J connectivity index is 2.10. The SMILES string of the molecule is Cc1cccc2ccnc(NCC(=O)NCC(=O)O)c12. The second-order valence-corrected chi connectivity index (χ2v) is 4.36. The molecule has 0 saturated carbocycles. The number of aryl methyl sites for hydroxylation is 1. The highest BCUT2D eigenvalue weighted by molar-refractivity contribution is 5.95. The number of aromatic nitrogens is 1. The number of fused-ring (bicyclic) bond motifs is 1. The Morgan fingerprint density at radius 2 is 2.05 bits per heavy atom. The van der Waals surface area contributed by atoms with E-state index in [2.05, 4.69) is 15.6 Å². The fourth-order valence-electron chi connectivity index (χ4n) is 1.94. The number of carboxylic acid groups (broad SMARTS) is 1. The van der Waals surface area contributed by atoms with Crippen LogP contribution < -0.4 is 10.6 Å². The molecule has 0 aliphatic heterocycles. The summed E-state index contributed by atoms with van der Waals surface area (Å²) >= 11 is 0. The molecule has 2 aromatic rings. The monoisotopic (exact) mass is 273 g/mol. The summed E-state index contributed by atoms with van der Waals surface area (Å²) < 4.78 is 0. The van der Waals surface area contributed by atoms with Crippen LogP contribution in [0.1, 0.15) is 5.56 Å². The maximum atomic E-state index is 11.5. The summed E-state index contributed by atoms with van der Waals surface area (Å²) in [7, 11) is 0. The minimum atomic E-state index is -1.07. The van der Waals surface area contributed by atoms with E-state index in [0.29, 0.717) is 5.82 Å². The van der Waals surface area contributed by atoms with Gasteiger partial charge in [0.2, 0.25) is 5.91 Å². The number of carbonyl (C=O) groups is 2. The number of benzene rings is 1. The molecule has 0 fully saturated rings. The van der Waals surface area contributed by atoms with Crippen LogP contribution in [0.15, 0.2) is 30.5 Å². The summed E-state index contributed by atoms with van der Waals surface area (Å²) in [6.07, 6.45) is 1.67. The zero-order chi connectivity index (χ0) is 14.5. The smallest absolute Gasteiger partial charge is 0.322 e. The average molecular weight is 273 g/mol. The number of aliphatic carboxylic acids is 1. The highest BCUT2D eigenvalue weighted by Crippen LogP contribution is 2.24. The number of carboxylic acids is 1. The van der Waals surface area contributed by atoms with E-state index in [9.17, 15) is 9.59 Å². The number of hydrogen-bond donors (Lipinski definition) is 3. The number of rotatable bonds is 5. The predicted octanol–water partition coefficient (Wildman–Crippen LogP) is 1.16. The van der Waals surface area contributed by atoms with Gasteiger partial charge in [-0.2, -0.15) is 0 Å². The van der Waals surface area contributed by atoms with Gasteiger partial charge in [0.05, 0.1) is 6.54 Å². The molecule has 0 atom stereocenters. The van der Waals surface area contributed by atoms with Gasteiger partial charge in [-0.15, -0.1) is 0 Å². The van der Waals surface area contributed by atoms with E-state index in [1.165, 1.54) is 0 Å². The van der Waals surface area contributed by atoms with Gasteiger partial charge in [0.1, 0.15) is 12.4 Å². The molecule has 0 bridgehead atoms. The molecule has 0 saturated heterocycles. The summed E-state index contributed by atoms with van der Waals surface area (Å²) in [5.41, 5.74) is 1.06. The summed E-state index contributed by atoms with van der Waals surface area (Å²) in [4.78, 5) is 26.1. The first kappa shape index (κ1) is 13.8. The maximum absolute atomic E-state index is 11.5. The lowest BCUT2D eigenvalue weighted by Crippen LogP contribution is -2.34. The Morgan fingerprint density at radius 3 is 2.80 bits per heavy atom. The molecule has 6 nitrogen and oxygen atoms in total. The lowest BCUT2D eigenvalue weighted by atomic mass is 10.1. The van der Waals surface area contributed by atoms with Crippen LogP contribution in [-0.2, 0) is 9.59 Å². The highest BCUT2D eigenvalue weighted by Gasteiger charge is 2.07. The second-order valence-electron chi connectivity index (χ2n) is 4.36. The fourth-order valence-corrected chi connectivity index (χ4v) is 1.94. The summed E-state index contributed by atoms with van der Waals surface area (Å²) in [5.74, 6) is -0.844. The van der Waals surface area contributed by atoms with Gasteiger partial charge in [-0.3, -0.25) is 9.59 Å². The molecule has 20 heavy (non-hydrogen) atoms. The van der Waals surface area contributed by atoms with E-state index in [1.54, 1.807) is 6.20 Å². The van der Waals surface area contributed by atoms with Gasteiger partial charge in [-0.25, -0.2) is 4.98 Å². The third-order valence-corrected chi connectivity index (χ3v) is 2.85. The van der Waals surface area contributed by atoms with E-state index in [1.807, 2.05) is 31.2 Å². The van der Waals surface area contributed by atoms with E-state index in [4.69, 9.17) is 5.11 Å². The van der Waals surface area contributed by atoms with Crippen molar-refractivity contribution in [3.8, 4) is 0 Å². The van der Waals surface area contributed by atoms with Crippen LogP contribution >= 0.6 is 0 Å². The molecule has 0 unspecified atom stereocenters. The number of nitrogens with one attached hydrogen (secondary N) is 2. The third kappa shape index (κ3) is 3.23. The lowest BCUT2D eigenvalue weighted by molar-refractivity contribution is -0.137. The van der Waals surface area contributed by atoms with Crippen molar-refractivity contribution in [2.75, 3.05) is 18.4 Å². The zero-order valence-electron chi connectivity index (χ0n) is 11.0. The average Bonchev–Trinajstić information content (AvgIpc) is 2.43. The Labute approximate surface area is 115 Å². The Morgan fingerprint density at radius 1 is 1.25 bits per heavy atom. The number of carbonyl (C=O) groups excluding carboxylic acids is 1. The predicted molar refractivity (Wildman–Crippen MR) is 75.6 cm³/mol. The maximum Gasteiger partial charge on any atom is 0.322 e. The van der Waals surface area contributed by atoms with Gasteiger partial charge in [0.15, 0.2) is 0 Å². The quantitative estimate of drug-likeness (QED) is 0.760. The molecule has 2 rings (SSSR count). The van der Waals surface area contributed by atoms with Crippen LogP contribution in [0.4, 0.5) is 5.82 Å². The van der Waals surface area contributed by atoms with Gasteiger partial charge in [-0.1, -0.05) is 18.2 Å². The van der Waals surface area contributed by atoms with Gasteiger partial charge in [0.25, 0.3) is 0 Å². The minimum Gasteiger partial charge on any atom is -0.480 e. The molecular formula is C14H15N3O3. The van der Waals surface area contributed by atoms with E-state index in [-0.39, 0.29) is 19.0 Å². The Bertz CT molecular complexity index is 650. The second kappa shape index (κ2) is 6.01. The number of amides is 1. The summed E-state index contributed by atoms with van der Waals surface area (Å²) in [6, 6.07) is 7.80. The Hall–Kier alpha value is -2.63. The van der Waals surface area contributed by atoms with Crippen molar-refractivity contribution >= 4 is 28.5 Å². The van der Waals surface area contributed by atoms with E-state index >= 15 is 0 Å². The topological polar surface area (TPSA) is 91.3 Å². The van der Waals surface area contributed by atoms with Crippen LogP contribution in [0, 0.1) is 6.92 Å². The van der Waals surface area contributed by atoms with Crippen LogP contribution in [0.25, 0.3) is 10.8 Å². The zero-order valence-corrected chi connectivity index (χ0v) is 11.0. The first-order valence-electron chi connectivity index (χ1n) is 6.14. The molecule has 1 aromatic heterocycles. The van der Waals surface area contributed by atoms with Gasteiger partial charge < -0.3 is 15.7 Å². The Kier molecular flexibility index (Phi) is 4.14. The number of nitrogens with zero attached hydrogens (tertiary/aromatic N) is 1. The first-order chi connectivity index (χ1) is 9.58. The van der Waals surface area contributed by atoms with Crippen molar-refractivity contribution in [3.05, 3.63) is 36.0 Å². The van der Waals surface area contributed by atoms with Crippen LogP contribution in [-0.4, -0.2) is 35.1 Å². The molecule has 0 aliphatic carbocycles. The lowest BCUT2D eigenvalue weighted by Gasteiger charge is -2.10. The van der Waals surface area contributed by atoms with Crippen LogP contribution in [0.3, 0.4) is 0 Å². The van der Waals surface area contributed by atoms with E-state index < -0.39 is 5.97 Å². The molecule has 1 amide bonds. The van der Waals surface area contributed by atoms with Crippen molar-refractivity contribution in [1.29, 1.82) is 0 Å². The van der Waals surface area contributed by atoms with Crippen molar-refractivity contribution in [2.45, 2.75) is 6.92 Å². The van der Waals surface area contributed by atoms with Gasteiger partial charge in [-0.05, 0) is 23.9 Å². The molecular weight excluding hydrogens is 258 g/mol. The van der Waals surface area contributed by atoms with Gasteiger partial charge in [0, 0.05) is 11.6 Å². The summed E-state index contributed by atoms with van der Waals surface area (Å²) in [5, 5.41) is 15.7. The number of pyridine rings is 1. The van der Waals surface area contributed by atoms with Crippen LogP contribution in [0.5, 0.6) is 0 Å². The third-order valence-electron chi connectivity index (χ3n) is 2.85. The molecule has 0 spiro atoms. The largest absolute Gasteiger partial charge is 0.480 e. The van der Waals surface area contributed by atoms with Crippen molar-refractivity contribution in [3.63, 3.8) is 0 Å². The molecule has 1 aromatic carbocycles. The number of hydrogen-bond acceptors (Lipinski definition) is 4. The molecule has 0 aliphatic rings. The molecule has 0 radical (unpaired) electrons. The molecule has 104 valence electrons. The molecule has 6 heteroatoms. The van der Waals surface area contributed by atoms with Crippen molar-refractivity contribution in [1.82, 2.24) is 10.3 Å². The minimum absolute atomic E-state index is 0.0201. The van der Waals surface area contributed by atoms with Crippen molar-refractivity contribution in [2.24, 2.45) is 0 Å². The van der Waals surface area contributed by atoms with Crippen LogP contribution in [0.2, 0.25) is 0 Å².